The van der Waals surface area contributed by atoms with Gasteiger partial charge in [0.15, 0.2) is 6.10 Å². The van der Waals surface area contributed by atoms with Crippen LogP contribution in [0.3, 0.4) is 0 Å². The number of rotatable bonds is 50. The highest BCUT2D eigenvalue weighted by molar-refractivity contribution is 5.70. The fourth-order valence-corrected chi connectivity index (χ4v) is 8.16. The van der Waals surface area contributed by atoms with Crippen molar-refractivity contribution in [3.63, 3.8) is 0 Å². The number of carbonyl (C=O) groups is 2. The van der Waals surface area contributed by atoms with E-state index in [1.165, 1.54) is 193 Å². The van der Waals surface area contributed by atoms with Gasteiger partial charge in [0.2, 0.25) is 0 Å². The normalized spacial score (nSPS) is 12.4. The van der Waals surface area contributed by atoms with Crippen molar-refractivity contribution in [3.05, 3.63) is 36.5 Å². The van der Waals surface area contributed by atoms with Gasteiger partial charge in [-0.3, -0.25) is 9.59 Å². The zero-order valence-corrected chi connectivity index (χ0v) is 40.9. The maximum Gasteiger partial charge on any atom is 0.306 e. The van der Waals surface area contributed by atoms with Crippen LogP contribution in [-0.2, 0) is 19.1 Å². The molecule has 0 rings (SSSR count). The summed E-state index contributed by atoms with van der Waals surface area (Å²) in [6.07, 6.45) is 67.0. The van der Waals surface area contributed by atoms with Crippen molar-refractivity contribution < 1.29 is 24.2 Å². The van der Waals surface area contributed by atoms with Crippen LogP contribution in [0.4, 0.5) is 0 Å². The summed E-state index contributed by atoms with van der Waals surface area (Å²) < 4.78 is 10.7. The maximum atomic E-state index is 12.2. The predicted octanol–water partition coefficient (Wildman–Crippen LogP) is 17.9. The molecule has 0 radical (unpaired) electrons. The lowest BCUT2D eigenvalue weighted by Crippen LogP contribution is -2.28. The average Bonchev–Trinajstić information content (AvgIpc) is 3.26. The van der Waals surface area contributed by atoms with E-state index >= 15 is 0 Å². The fraction of sp³-hybridized carbons (Fsp3) is 0.857. The van der Waals surface area contributed by atoms with Crippen molar-refractivity contribution in [2.24, 2.45) is 0 Å². The van der Waals surface area contributed by atoms with E-state index in [4.69, 9.17) is 9.47 Å². The predicted molar refractivity (Wildman–Crippen MR) is 265 cm³/mol. The summed E-state index contributed by atoms with van der Waals surface area (Å²) in [5.74, 6) is -0.598. The lowest BCUT2D eigenvalue weighted by molar-refractivity contribution is -0.161. The van der Waals surface area contributed by atoms with E-state index < -0.39 is 6.10 Å². The molecule has 0 aliphatic heterocycles. The number of unbranched alkanes of at least 4 members (excludes halogenated alkanes) is 36. The molecule has 0 aliphatic carbocycles. The van der Waals surface area contributed by atoms with E-state index in [-0.39, 0.29) is 25.2 Å². The van der Waals surface area contributed by atoms with E-state index in [1.54, 1.807) is 0 Å². The highest BCUT2D eigenvalue weighted by Crippen LogP contribution is 2.17. The second-order valence-electron chi connectivity index (χ2n) is 18.3. The molecule has 5 nitrogen and oxygen atoms in total. The van der Waals surface area contributed by atoms with Crippen LogP contribution in [0.2, 0.25) is 0 Å². The topological polar surface area (TPSA) is 72.8 Å². The molecule has 0 aromatic carbocycles. The average molecular weight is 857 g/mol. The Morgan fingerprint density at radius 3 is 1.07 bits per heavy atom. The molecule has 1 unspecified atom stereocenters. The molecule has 0 bridgehead atoms. The van der Waals surface area contributed by atoms with E-state index in [1.807, 2.05) is 0 Å². The summed E-state index contributed by atoms with van der Waals surface area (Å²) in [6.45, 7) is 4.05. The van der Waals surface area contributed by atoms with Crippen molar-refractivity contribution in [1.29, 1.82) is 0 Å². The molecule has 5 heteroatoms. The third-order valence-corrected chi connectivity index (χ3v) is 12.2. The molecule has 0 spiro atoms. The van der Waals surface area contributed by atoms with Crippen LogP contribution in [0.1, 0.15) is 290 Å². The van der Waals surface area contributed by atoms with Gasteiger partial charge >= 0.3 is 11.9 Å². The molecule has 61 heavy (non-hydrogen) atoms. The van der Waals surface area contributed by atoms with E-state index in [9.17, 15) is 14.7 Å². The SMILES string of the molecule is CC/C=C\C/C=C\C/C=C\CCCCCCCC(=O)OC(CO)COC(=O)CCCCCCCCCCCCCCCCCCCCCCCCCCCCCCCCCC. The Morgan fingerprint density at radius 2 is 0.705 bits per heavy atom. The lowest BCUT2D eigenvalue weighted by atomic mass is 10.0. The number of carbonyl (C=O) groups excluding carboxylic acids is 2. The quantitative estimate of drug-likeness (QED) is 0.0375. The molecule has 1 N–H and O–H groups in total. The van der Waals surface area contributed by atoms with Crippen molar-refractivity contribution in [2.75, 3.05) is 13.2 Å². The van der Waals surface area contributed by atoms with Gasteiger partial charge in [-0.2, -0.15) is 0 Å². The number of aliphatic hydroxyl groups excluding tert-OH is 1. The Balaban J connectivity index is 3.39. The summed E-state index contributed by atoms with van der Waals surface area (Å²) in [4.78, 5) is 24.4. The first kappa shape index (κ1) is 59.1. The number of hydrogen-bond donors (Lipinski definition) is 1. The molecule has 0 aliphatic rings. The van der Waals surface area contributed by atoms with Crippen molar-refractivity contribution >= 4 is 11.9 Å². The first-order valence-electron chi connectivity index (χ1n) is 27.0. The van der Waals surface area contributed by atoms with Crippen molar-refractivity contribution in [2.45, 2.75) is 296 Å². The van der Waals surface area contributed by atoms with Crippen LogP contribution < -0.4 is 0 Å². The monoisotopic (exact) mass is 857 g/mol. The first-order chi connectivity index (χ1) is 30.1. The summed E-state index contributed by atoms with van der Waals surface area (Å²) in [5, 5.41) is 9.61. The minimum atomic E-state index is -0.779. The molecule has 0 saturated heterocycles. The maximum absolute atomic E-state index is 12.2. The zero-order chi connectivity index (χ0) is 44.2. The number of hydrogen-bond acceptors (Lipinski definition) is 5. The van der Waals surface area contributed by atoms with Crippen LogP contribution in [0.5, 0.6) is 0 Å². The summed E-state index contributed by atoms with van der Waals surface area (Å²) in [5.41, 5.74) is 0. The molecular weight excluding hydrogens is 753 g/mol. The Kier molecular flexibility index (Phi) is 50.8. The second-order valence-corrected chi connectivity index (χ2v) is 18.3. The van der Waals surface area contributed by atoms with Crippen LogP contribution in [0.15, 0.2) is 36.5 Å². The first-order valence-corrected chi connectivity index (χ1v) is 27.0. The minimum Gasteiger partial charge on any atom is -0.462 e. The molecule has 0 aromatic heterocycles. The summed E-state index contributed by atoms with van der Waals surface area (Å²) >= 11 is 0. The largest absolute Gasteiger partial charge is 0.462 e. The van der Waals surface area contributed by atoms with Gasteiger partial charge in [0.05, 0.1) is 6.61 Å². The van der Waals surface area contributed by atoms with E-state index in [0.29, 0.717) is 12.8 Å². The summed E-state index contributed by atoms with van der Waals surface area (Å²) in [6, 6.07) is 0. The fourth-order valence-electron chi connectivity index (χ4n) is 8.16. The third-order valence-electron chi connectivity index (χ3n) is 12.2. The number of ether oxygens (including phenoxy) is 2. The van der Waals surface area contributed by atoms with Gasteiger partial charge in [0.1, 0.15) is 6.61 Å². The van der Waals surface area contributed by atoms with Gasteiger partial charge in [-0.15, -0.1) is 0 Å². The van der Waals surface area contributed by atoms with Crippen LogP contribution >= 0.6 is 0 Å². The highest BCUT2D eigenvalue weighted by atomic mass is 16.6. The zero-order valence-electron chi connectivity index (χ0n) is 40.9. The van der Waals surface area contributed by atoms with E-state index in [2.05, 4.69) is 50.3 Å². The van der Waals surface area contributed by atoms with Crippen molar-refractivity contribution in [3.8, 4) is 0 Å². The molecule has 0 heterocycles. The second kappa shape index (κ2) is 52.5. The Labute approximate surface area is 380 Å². The van der Waals surface area contributed by atoms with Gasteiger partial charge < -0.3 is 14.6 Å². The molecule has 358 valence electrons. The third kappa shape index (κ3) is 50.6. The Morgan fingerprint density at radius 1 is 0.393 bits per heavy atom. The minimum absolute atomic E-state index is 0.0695. The molecule has 1 atom stereocenters. The molecule has 0 aromatic rings. The smallest absolute Gasteiger partial charge is 0.306 e. The highest BCUT2D eigenvalue weighted by Gasteiger charge is 2.16. The summed E-state index contributed by atoms with van der Waals surface area (Å²) in [7, 11) is 0. The van der Waals surface area contributed by atoms with Crippen LogP contribution in [-0.4, -0.2) is 36.4 Å². The molecule has 0 amide bonds. The van der Waals surface area contributed by atoms with Crippen molar-refractivity contribution in [1.82, 2.24) is 0 Å². The van der Waals surface area contributed by atoms with Gasteiger partial charge in [-0.05, 0) is 44.9 Å². The number of allylic oxidation sites excluding steroid dienone is 6. The molecule has 0 saturated carbocycles. The van der Waals surface area contributed by atoms with Gasteiger partial charge in [-0.1, -0.05) is 269 Å². The number of esters is 2. The van der Waals surface area contributed by atoms with Crippen LogP contribution in [0.25, 0.3) is 0 Å². The Bertz CT molecular complexity index is 970. The van der Waals surface area contributed by atoms with E-state index in [0.717, 1.165) is 70.6 Å². The van der Waals surface area contributed by atoms with Crippen LogP contribution in [0, 0.1) is 0 Å². The standard InChI is InChI=1S/C56H104O5/c1-3-5-7-9-11-13-15-17-19-20-21-22-23-24-25-26-27-28-29-30-31-32-33-34-35-37-38-40-42-44-46-48-50-55(58)60-53-54(52-57)61-56(59)51-49-47-45-43-41-39-36-18-16-14-12-10-8-6-4-2/h6,8,12,14,18,36,54,57H,3-5,7,9-11,13,15-17,19-35,37-53H2,1-2H3/b8-6-,14-12-,36-18-. The molecular formula is C56H104O5. The number of aliphatic hydroxyl groups is 1. The lowest BCUT2D eigenvalue weighted by Gasteiger charge is -2.15. The van der Waals surface area contributed by atoms with Gasteiger partial charge in [0, 0.05) is 12.8 Å². The van der Waals surface area contributed by atoms with Gasteiger partial charge in [-0.25, -0.2) is 0 Å². The van der Waals surface area contributed by atoms with Gasteiger partial charge in [0.25, 0.3) is 0 Å². The molecule has 0 fully saturated rings. The Hall–Kier alpha value is -1.88.